The van der Waals surface area contributed by atoms with Gasteiger partial charge in [-0.05, 0) is 12.8 Å². The summed E-state index contributed by atoms with van der Waals surface area (Å²) < 4.78 is 24.4. The van der Waals surface area contributed by atoms with Crippen LogP contribution >= 0.6 is 11.8 Å². The van der Waals surface area contributed by atoms with Gasteiger partial charge in [0.2, 0.25) is 15.9 Å². The van der Waals surface area contributed by atoms with E-state index in [4.69, 9.17) is 0 Å². The van der Waals surface area contributed by atoms with E-state index in [9.17, 15) is 18.0 Å². The first-order chi connectivity index (χ1) is 9.27. The summed E-state index contributed by atoms with van der Waals surface area (Å²) in [6.07, 6.45) is 2.98. The van der Waals surface area contributed by atoms with E-state index in [0.29, 0.717) is 38.9 Å². The predicted molar refractivity (Wildman–Crippen MR) is 77.8 cm³/mol. The highest BCUT2D eigenvalue weighted by Gasteiger charge is 2.37. The Kier molecular flexibility index (Phi) is 4.76. The molecule has 0 radical (unpaired) electrons. The van der Waals surface area contributed by atoms with E-state index in [2.05, 4.69) is 0 Å². The smallest absolute Gasteiger partial charge is 0.224 e. The quantitative estimate of drug-likeness (QED) is 0.747. The van der Waals surface area contributed by atoms with Crippen LogP contribution in [0.25, 0.3) is 0 Å². The molecule has 2 heterocycles. The van der Waals surface area contributed by atoms with Crippen LogP contribution in [-0.4, -0.2) is 65.8 Å². The van der Waals surface area contributed by atoms with Crippen LogP contribution in [0.4, 0.5) is 0 Å². The predicted octanol–water partition coefficient (Wildman–Crippen LogP) is 0.291. The Morgan fingerprint density at radius 2 is 1.90 bits per heavy atom. The van der Waals surface area contributed by atoms with Gasteiger partial charge in [0.1, 0.15) is 0 Å². The zero-order chi connectivity index (χ0) is 14.9. The molecule has 2 rings (SSSR count). The van der Waals surface area contributed by atoms with E-state index in [1.807, 2.05) is 4.90 Å². The van der Waals surface area contributed by atoms with Crippen molar-refractivity contribution in [1.82, 2.24) is 9.21 Å². The maximum Gasteiger partial charge on any atom is 0.224 e. The number of thioether (sulfide) groups is 1. The molecule has 20 heavy (non-hydrogen) atoms. The molecule has 1 atom stereocenters. The van der Waals surface area contributed by atoms with Gasteiger partial charge in [0.05, 0.1) is 6.26 Å². The molecule has 114 valence electrons. The number of sulfonamides is 1. The van der Waals surface area contributed by atoms with Crippen molar-refractivity contribution in [3.8, 4) is 0 Å². The van der Waals surface area contributed by atoms with Crippen LogP contribution in [0, 0.1) is 0 Å². The molecule has 6 nitrogen and oxygen atoms in total. The number of likely N-dealkylation sites (tertiary alicyclic amines) is 1. The van der Waals surface area contributed by atoms with Crippen LogP contribution in [0.1, 0.15) is 26.2 Å². The highest BCUT2D eigenvalue weighted by molar-refractivity contribution is 8.14. The minimum absolute atomic E-state index is 0.0385. The lowest BCUT2D eigenvalue weighted by Crippen LogP contribution is -2.47. The van der Waals surface area contributed by atoms with Crippen molar-refractivity contribution in [3.63, 3.8) is 0 Å². The molecule has 2 saturated heterocycles. The summed E-state index contributed by atoms with van der Waals surface area (Å²) in [5.74, 6) is 0.0848. The van der Waals surface area contributed by atoms with Gasteiger partial charge >= 0.3 is 0 Å². The Labute approximate surface area is 123 Å². The van der Waals surface area contributed by atoms with Gasteiger partial charge in [-0.2, -0.15) is 0 Å². The van der Waals surface area contributed by atoms with Crippen molar-refractivity contribution in [2.45, 2.75) is 37.5 Å². The fourth-order valence-electron chi connectivity index (χ4n) is 2.85. The monoisotopic (exact) mass is 320 g/mol. The molecule has 0 aromatic rings. The molecule has 0 N–H and O–H groups in total. The minimum Gasteiger partial charge on any atom is -0.338 e. The van der Waals surface area contributed by atoms with Crippen LogP contribution < -0.4 is 0 Å². The van der Waals surface area contributed by atoms with E-state index < -0.39 is 10.0 Å². The van der Waals surface area contributed by atoms with Crippen molar-refractivity contribution < 1.29 is 18.0 Å². The molecule has 1 unspecified atom stereocenters. The van der Waals surface area contributed by atoms with Gasteiger partial charge in [0.25, 0.3) is 0 Å². The van der Waals surface area contributed by atoms with Crippen molar-refractivity contribution in [3.05, 3.63) is 0 Å². The molecule has 0 aliphatic carbocycles. The number of amides is 1. The van der Waals surface area contributed by atoms with Crippen molar-refractivity contribution in [2.24, 2.45) is 0 Å². The van der Waals surface area contributed by atoms with Gasteiger partial charge in [-0.25, -0.2) is 12.7 Å². The Morgan fingerprint density at radius 3 is 2.40 bits per heavy atom. The third kappa shape index (κ3) is 3.73. The van der Waals surface area contributed by atoms with Crippen molar-refractivity contribution >= 4 is 32.8 Å². The Morgan fingerprint density at radius 1 is 1.30 bits per heavy atom. The second kappa shape index (κ2) is 6.03. The normalized spacial score (nSPS) is 26.2. The summed E-state index contributed by atoms with van der Waals surface area (Å²) in [7, 11) is -3.13. The Balaban J connectivity index is 1.91. The molecule has 0 spiro atoms. The van der Waals surface area contributed by atoms with Crippen LogP contribution in [0.15, 0.2) is 0 Å². The first-order valence-electron chi connectivity index (χ1n) is 6.69. The first kappa shape index (κ1) is 15.8. The highest BCUT2D eigenvalue weighted by atomic mass is 32.2. The molecule has 8 heteroatoms. The first-order valence-corrected chi connectivity index (χ1v) is 9.42. The molecule has 0 aromatic carbocycles. The lowest BCUT2D eigenvalue weighted by Gasteiger charge is -2.35. The Bertz CT molecular complexity index is 498. The summed E-state index contributed by atoms with van der Waals surface area (Å²) in [5, 5.41) is 0.0875. The molecular weight excluding hydrogens is 300 g/mol. The summed E-state index contributed by atoms with van der Waals surface area (Å²) in [6.45, 7) is 3.06. The number of piperidine rings is 1. The standard InChI is InChI=1S/C12H20N2O4S2/c1-9(15)19-11-7-12(16)14(8-11)10-3-5-13(6-4-10)20(2,17)18/h10-11H,3-8H2,1-2H3. The maximum absolute atomic E-state index is 12.0. The molecule has 2 aliphatic heterocycles. The van der Waals surface area contributed by atoms with Gasteiger partial charge in [0, 0.05) is 44.3 Å². The van der Waals surface area contributed by atoms with E-state index in [0.717, 1.165) is 0 Å². The summed E-state index contributed by atoms with van der Waals surface area (Å²) in [4.78, 5) is 24.9. The molecule has 0 saturated carbocycles. The summed E-state index contributed by atoms with van der Waals surface area (Å²) in [5.41, 5.74) is 0. The fraction of sp³-hybridized carbons (Fsp3) is 0.833. The highest BCUT2D eigenvalue weighted by Crippen LogP contribution is 2.29. The third-order valence-electron chi connectivity index (χ3n) is 3.79. The van der Waals surface area contributed by atoms with Gasteiger partial charge in [-0.15, -0.1) is 0 Å². The molecule has 0 bridgehead atoms. The Hall–Kier alpha value is -0.600. The zero-order valence-electron chi connectivity index (χ0n) is 11.7. The van der Waals surface area contributed by atoms with E-state index in [1.165, 1.54) is 29.2 Å². The molecule has 1 amide bonds. The molecule has 2 fully saturated rings. The SMILES string of the molecule is CC(=O)SC1CC(=O)N(C2CCN(S(C)(=O)=O)CC2)C1. The van der Waals surface area contributed by atoms with Gasteiger partial charge in [-0.1, -0.05) is 11.8 Å². The average Bonchev–Trinajstić information content (AvgIpc) is 2.68. The number of carbonyl (C=O) groups excluding carboxylic acids is 2. The maximum atomic E-state index is 12.0. The van der Waals surface area contributed by atoms with Gasteiger partial charge in [0.15, 0.2) is 5.12 Å². The third-order valence-corrected chi connectivity index (χ3v) is 6.07. The molecule has 0 aromatic heterocycles. The largest absolute Gasteiger partial charge is 0.338 e. The zero-order valence-corrected chi connectivity index (χ0v) is 13.4. The van der Waals surface area contributed by atoms with Gasteiger partial charge < -0.3 is 4.90 Å². The number of hydrogen-bond acceptors (Lipinski definition) is 5. The molecular formula is C12H20N2O4S2. The number of carbonyl (C=O) groups is 2. The van der Waals surface area contributed by atoms with Crippen molar-refractivity contribution in [2.75, 3.05) is 25.9 Å². The van der Waals surface area contributed by atoms with E-state index >= 15 is 0 Å². The van der Waals surface area contributed by atoms with Crippen LogP contribution in [0.3, 0.4) is 0 Å². The van der Waals surface area contributed by atoms with E-state index in [1.54, 1.807) is 0 Å². The number of rotatable bonds is 3. The lowest BCUT2D eigenvalue weighted by molar-refractivity contribution is -0.130. The second-order valence-corrected chi connectivity index (χ2v) is 8.83. The van der Waals surface area contributed by atoms with Crippen LogP contribution in [-0.2, 0) is 19.6 Å². The van der Waals surface area contributed by atoms with Crippen LogP contribution in [0.5, 0.6) is 0 Å². The average molecular weight is 320 g/mol. The summed E-state index contributed by atoms with van der Waals surface area (Å²) >= 11 is 1.23. The number of hydrogen-bond donors (Lipinski definition) is 0. The van der Waals surface area contributed by atoms with Gasteiger partial charge in [-0.3, -0.25) is 9.59 Å². The minimum atomic E-state index is -3.13. The number of nitrogens with zero attached hydrogens (tertiary/aromatic N) is 2. The van der Waals surface area contributed by atoms with Crippen molar-refractivity contribution in [1.29, 1.82) is 0 Å². The molecule has 2 aliphatic rings. The van der Waals surface area contributed by atoms with Crippen LogP contribution in [0.2, 0.25) is 0 Å². The topological polar surface area (TPSA) is 74.8 Å². The van der Waals surface area contributed by atoms with E-state index in [-0.39, 0.29) is 22.3 Å². The summed E-state index contributed by atoms with van der Waals surface area (Å²) in [6, 6.07) is 0.109. The fourth-order valence-corrected chi connectivity index (χ4v) is 4.65. The second-order valence-electron chi connectivity index (χ2n) is 5.37. The lowest BCUT2D eigenvalue weighted by atomic mass is 10.1.